The van der Waals surface area contributed by atoms with E-state index in [0.717, 1.165) is 59.8 Å². The first-order valence-corrected chi connectivity index (χ1v) is 10.9. The van der Waals surface area contributed by atoms with Crippen molar-refractivity contribution in [1.82, 2.24) is 4.90 Å². The summed E-state index contributed by atoms with van der Waals surface area (Å²) < 4.78 is 5.40. The lowest BCUT2D eigenvalue weighted by Gasteiger charge is -2.29. The number of hydrogen-bond acceptors (Lipinski definition) is 6. The maximum Gasteiger partial charge on any atom is 0.237 e. The summed E-state index contributed by atoms with van der Waals surface area (Å²) in [6.45, 7) is 9.35. The number of nitrogens with one attached hydrogen (secondary N) is 1. The standard InChI is InChI=1S/C23H26N4O2S/c1-16-20-6-4-5-7-21(20)25-23(26(16)3)30-17(2)22(28)24-18-8-10-19(11-9-18)27-12-14-29-15-13-27/h4-11,17H,1,12-15H2,2-3H3,(H,24,28)/t17-/m1/s1. The van der Waals surface area contributed by atoms with Crippen molar-refractivity contribution >= 4 is 45.6 Å². The molecule has 2 aromatic carbocycles. The number of rotatable bonds is 4. The zero-order valence-corrected chi connectivity index (χ0v) is 18.1. The number of nitrogens with zero attached hydrogens (tertiary/aromatic N) is 3. The quantitative estimate of drug-likeness (QED) is 0.801. The van der Waals surface area contributed by atoms with Gasteiger partial charge in [0.05, 0.1) is 24.2 Å². The predicted octanol–water partition coefficient (Wildman–Crippen LogP) is 4.19. The molecule has 156 valence electrons. The average Bonchev–Trinajstić information content (AvgIpc) is 2.78. The van der Waals surface area contributed by atoms with Crippen LogP contribution in [-0.4, -0.2) is 54.6 Å². The van der Waals surface area contributed by atoms with Gasteiger partial charge in [-0.05, 0) is 37.3 Å². The summed E-state index contributed by atoms with van der Waals surface area (Å²) >= 11 is 1.43. The molecule has 6 nitrogen and oxygen atoms in total. The van der Waals surface area contributed by atoms with Crippen molar-refractivity contribution < 1.29 is 9.53 Å². The van der Waals surface area contributed by atoms with Crippen LogP contribution >= 0.6 is 11.8 Å². The molecule has 1 saturated heterocycles. The molecule has 0 aliphatic carbocycles. The minimum Gasteiger partial charge on any atom is -0.378 e. The molecule has 0 spiro atoms. The van der Waals surface area contributed by atoms with Crippen molar-refractivity contribution in [1.29, 1.82) is 0 Å². The second kappa shape index (κ2) is 8.93. The number of amidine groups is 1. The van der Waals surface area contributed by atoms with E-state index >= 15 is 0 Å². The predicted molar refractivity (Wildman–Crippen MR) is 125 cm³/mol. The van der Waals surface area contributed by atoms with Crippen LogP contribution in [0.25, 0.3) is 5.70 Å². The maximum atomic E-state index is 12.8. The van der Waals surface area contributed by atoms with Crippen molar-refractivity contribution in [2.45, 2.75) is 12.2 Å². The van der Waals surface area contributed by atoms with Gasteiger partial charge in [-0.3, -0.25) is 4.79 Å². The summed E-state index contributed by atoms with van der Waals surface area (Å²) in [5.41, 5.74) is 4.72. The molecule has 1 N–H and O–H groups in total. The summed E-state index contributed by atoms with van der Waals surface area (Å²) in [7, 11) is 1.93. The van der Waals surface area contributed by atoms with Gasteiger partial charge in [0.2, 0.25) is 5.91 Å². The van der Waals surface area contributed by atoms with Gasteiger partial charge in [0.1, 0.15) is 0 Å². The molecule has 2 heterocycles. The number of carbonyl (C=O) groups is 1. The fourth-order valence-corrected chi connectivity index (χ4v) is 4.33. The molecule has 0 saturated carbocycles. The molecule has 0 radical (unpaired) electrons. The van der Waals surface area contributed by atoms with Gasteiger partial charge < -0.3 is 19.9 Å². The Morgan fingerprint density at radius 2 is 1.87 bits per heavy atom. The number of benzene rings is 2. The van der Waals surface area contributed by atoms with Crippen molar-refractivity contribution in [2.24, 2.45) is 4.99 Å². The Bertz CT molecular complexity index is 967. The van der Waals surface area contributed by atoms with Crippen molar-refractivity contribution in [3.05, 3.63) is 60.7 Å². The van der Waals surface area contributed by atoms with Crippen LogP contribution in [0.2, 0.25) is 0 Å². The van der Waals surface area contributed by atoms with Crippen LogP contribution in [-0.2, 0) is 9.53 Å². The fourth-order valence-electron chi connectivity index (χ4n) is 3.43. The van der Waals surface area contributed by atoms with E-state index in [9.17, 15) is 4.79 Å². The maximum absolute atomic E-state index is 12.8. The summed E-state index contributed by atoms with van der Waals surface area (Å²) in [5, 5.41) is 3.47. The van der Waals surface area contributed by atoms with Crippen molar-refractivity contribution in [3.63, 3.8) is 0 Å². The van der Waals surface area contributed by atoms with Gasteiger partial charge >= 0.3 is 0 Å². The lowest BCUT2D eigenvalue weighted by atomic mass is 10.1. The van der Waals surface area contributed by atoms with E-state index in [4.69, 9.17) is 9.73 Å². The fraction of sp³-hybridized carbons (Fsp3) is 0.304. The topological polar surface area (TPSA) is 57.2 Å². The van der Waals surface area contributed by atoms with Gasteiger partial charge in [-0.1, -0.05) is 36.5 Å². The Morgan fingerprint density at radius 1 is 1.17 bits per heavy atom. The van der Waals surface area contributed by atoms with Gasteiger partial charge in [0.25, 0.3) is 0 Å². The molecule has 7 heteroatoms. The number of morpholine rings is 1. The second-order valence-electron chi connectivity index (χ2n) is 7.31. The minimum atomic E-state index is -0.303. The third kappa shape index (κ3) is 4.37. The highest BCUT2D eigenvalue weighted by Gasteiger charge is 2.25. The van der Waals surface area contributed by atoms with E-state index in [2.05, 4.69) is 16.8 Å². The van der Waals surface area contributed by atoms with Gasteiger partial charge in [-0.15, -0.1) is 0 Å². The second-order valence-corrected chi connectivity index (χ2v) is 8.62. The monoisotopic (exact) mass is 422 g/mol. The molecular weight excluding hydrogens is 396 g/mol. The largest absolute Gasteiger partial charge is 0.378 e. The van der Waals surface area contributed by atoms with Crippen LogP contribution < -0.4 is 10.2 Å². The Hall–Kier alpha value is -2.77. The van der Waals surface area contributed by atoms with Gasteiger partial charge in [0.15, 0.2) is 5.17 Å². The Labute approximate surface area is 181 Å². The summed E-state index contributed by atoms with van der Waals surface area (Å²) in [4.78, 5) is 21.7. The van der Waals surface area contributed by atoms with E-state index in [1.165, 1.54) is 11.8 Å². The van der Waals surface area contributed by atoms with Crippen LogP contribution in [0.5, 0.6) is 0 Å². The number of para-hydroxylation sites is 1. The van der Waals surface area contributed by atoms with E-state index in [1.807, 2.05) is 67.4 Å². The third-order valence-corrected chi connectivity index (χ3v) is 6.43. The number of thioether (sulfide) groups is 1. The molecule has 2 aliphatic heterocycles. The minimum absolute atomic E-state index is 0.0558. The van der Waals surface area contributed by atoms with Gasteiger partial charge in [-0.25, -0.2) is 4.99 Å². The molecule has 0 unspecified atom stereocenters. The molecule has 1 amide bonds. The summed E-state index contributed by atoms with van der Waals surface area (Å²) in [6.07, 6.45) is 0. The molecule has 30 heavy (non-hydrogen) atoms. The Morgan fingerprint density at radius 3 is 2.60 bits per heavy atom. The lowest BCUT2D eigenvalue weighted by Crippen LogP contribution is -2.36. The SMILES string of the molecule is C=C1c2ccccc2N=C(S[C@H](C)C(=O)Nc2ccc(N3CCOCC3)cc2)N1C. The van der Waals surface area contributed by atoms with Crippen molar-refractivity contribution in [3.8, 4) is 0 Å². The molecular formula is C23H26N4O2S. The van der Waals surface area contributed by atoms with Crippen LogP contribution in [0.3, 0.4) is 0 Å². The zero-order valence-electron chi connectivity index (χ0n) is 17.3. The first kappa shape index (κ1) is 20.5. The van der Waals surface area contributed by atoms with Crippen molar-refractivity contribution in [2.75, 3.05) is 43.6 Å². The molecule has 2 aromatic rings. The molecule has 4 rings (SSSR count). The average molecular weight is 423 g/mol. The third-order valence-electron chi connectivity index (χ3n) is 5.29. The van der Waals surface area contributed by atoms with Gasteiger partial charge in [0, 0.05) is 42.8 Å². The van der Waals surface area contributed by atoms with E-state index in [0.29, 0.717) is 0 Å². The Balaban J connectivity index is 1.39. The smallest absolute Gasteiger partial charge is 0.237 e. The molecule has 0 aromatic heterocycles. The number of carbonyl (C=O) groups excluding carboxylic acids is 1. The Kier molecular flexibility index (Phi) is 6.11. The number of hydrogen-bond donors (Lipinski definition) is 1. The van der Waals surface area contributed by atoms with Gasteiger partial charge in [-0.2, -0.15) is 0 Å². The number of ether oxygens (including phenoxy) is 1. The highest BCUT2D eigenvalue weighted by molar-refractivity contribution is 8.14. The van der Waals surface area contributed by atoms with Crippen LogP contribution in [0, 0.1) is 0 Å². The van der Waals surface area contributed by atoms with E-state index < -0.39 is 0 Å². The normalized spacial score (nSPS) is 17.3. The first-order chi connectivity index (χ1) is 14.5. The van der Waals surface area contributed by atoms with E-state index in [1.54, 1.807) is 0 Å². The highest BCUT2D eigenvalue weighted by Crippen LogP contribution is 2.35. The lowest BCUT2D eigenvalue weighted by molar-refractivity contribution is -0.115. The molecule has 0 bridgehead atoms. The molecule has 1 fully saturated rings. The molecule has 1 atom stereocenters. The number of fused-ring (bicyclic) bond motifs is 1. The summed E-state index contributed by atoms with van der Waals surface area (Å²) in [6, 6.07) is 15.9. The van der Waals surface area contributed by atoms with Crippen LogP contribution in [0.1, 0.15) is 12.5 Å². The number of amides is 1. The highest BCUT2D eigenvalue weighted by atomic mass is 32.2. The van der Waals surface area contributed by atoms with E-state index in [-0.39, 0.29) is 11.2 Å². The van der Waals surface area contributed by atoms with Crippen LogP contribution in [0.4, 0.5) is 17.1 Å². The zero-order chi connectivity index (χ0) is 21.1. The van der Waals surface area contributed by atoms with Crippen LogP contribution in [0.15, 0.2) is 60.1 Å². The summed E-state index contributed by atoms with van der Waals surface area (Å²) in [5.74, 6) is -0.0558. The number of anilines is 2. The molecule has 2 aliphatic rings. The number of aliphatic imine (C=N–C) groups is 1. The first-order valence-electron chi connectivity index (χ1n) is 10.0.